The van der Waals surface area contributed by atoms with Crippen LogP contribution in [0.2, 0.25) is 0 Å². The Kier molecular flexibility index (Phi) is 5.67. The maximum atomic E-state index is 11.8. The lowest BCUT2D eigenvalue weighted by Crippen LogP contribution is -2.39. The van der Waals surface area contributed by atoms with E-state index in [0.717, 1.165) is 6.20 Å². The van der Waals surface area contributed by atoms with Crippen LogP contribution in [-0.4, -0.2) is 18.4 Å². The zero-order valence-electron chi connectivity index (χ0n) is 9.58. The van der Waals surface area contributed by atoms with Crippen LogP contribution in [0.1, 0.15) is 33.6 Å². The smallest absolute Gasteiger partial charge is 0.319 e. The van der Waals surface area contributed by atoms with Crippen molar-refractivity contribution in [2.75, 3.05) is 6.61 Å². The number of nitrogens with two attached hydrogens (primary N) is 1. The number of hydrogen-bond donors (Lipinski definition) is 1. The van der Waals surface area contributed by atoms with Crippen LogP contribution in [-0.2, 0) is 14.3 Å². The molecule has 4 nitrogen and oxygen atoms in total. The molecule has 0 aromatic carbocycles. The van der Waals surface area contributed by atoms with E-state index in [1.54, 1.807) is 20.8 Å². The van der Waals surface area contributed by atoms with Gasteiger partial charge in [-0.15, -0.1) is 0 Å². The largest absolute Gasteiger partial charge is 0.465 e. The van der Waals surface area contributed by atoms with Crippen LogP contribution >= 0.6 is 0 Å². The van der Waals surface area contributed by atoms with Crippen LogP contribution in [0.5, 0.6) is 0 Å². The molecule has 0 saturated carbocycles. The molecule has 2 N–H and O–H groups in total. The van der Waals surface area contributed by atoms with Crippen molar-refractivity contribution in [2.45, 2.75) is 33.6 Å². The van der Waals surface area contributed by atoms with E-state index >= 15 is 0 Å². The lowest BCUT2D eigenvalue weighted by Gasteiger charge is -2.25. The summed E-state index contributed by atoms with van der Waals surface area (Å²) in [5.74, 6) is -0.744. The summed E-state index contributed by atoms with van der Waals surface area (Å²) >= 11 is 0. The van der Waals surface area contributed by atoms with E-state index in [9.17, 15) is 9.59 Å². The third kappa shape index (κ3) is 2.81. The molecule has 0 rings (SSSR count). The summed E-state index contributed by atoms with van der Waals surface area (Å²) in [4.78, 5) is 23.5. The number of carbonyl (C=O) groups is 2. The minimum atomic E-state index is -1.06. The summed E-state index contributed by atoms with van der Waals surface area (Å²) in [6.45, 7) is 5.59. The fourth-order valence-corrected chi connectivity index (χ4v) is 1.50. The topological polar surface area (TPSA) is 69.4 Å². The van der Waals surface area contributed by atoms with E-state index in [1.807, 2.05) is 0 Å². The molecule has 0 aromatic heterocycles. The standard InChI is InChI=1S/C11H19NO3/c1-4-11(5-2,9(13)7-8-12)10(14)15-6-3/h7-8H,4-6,12H2,1-3H3/b8-7+. The van der Waals surface area contributed by atoms with Crippen molar-refractivity contribution in [3.63, 3.8) is 0 Å². The van der Waals surface area contributed by atoms with Gasteiger partial charge in [-0.2, -0.15) is 0 Å². The summed E-state index contributed by atoms with van der Waals surface area (Å²) in [6, 6.07) is 0. The van der Waals surface area contributed by atoms with Crippen molar-refractivity contribution in [2.24, 2.45) is 11.1 Å². The maximum absolute atomic E-state index is 11.8. The average Bonchev–Trinajstić information content (AvgIpc) is 2.21. The van der Waals surface area contributed by atoms with Gasteiger partial charge in [0.25, 0.3) is 0 Å². The highest BCUT2D eigenvalue weighted by Gasteiger charge is 2.42. The summed E-state index contributed by atoms with van der Waals surface area (Å²) in [5, 5.41) is 0. The molecule has 0 radical (unpaired) electrons. The zero-order valence-corrected chi connectivity index (χ0v) is 9.58. The lowest BCUT2D eigenvalue weighted by molar-refractivity contribution is -0.159. The first-order valence-electron chi connectivity index (χ1n) is 5.18. The molecule has 0 fully saturated rings. The first-order valence-corrected chi connectivity index (χ1v) is 5.18. The fraction of sp³-hybridized carbons (Fsp3) is 0.636. The molecule has 0 atom stereocenters. The molecule has 0 unspecified atom stereocenters. The Morgan fingerprint density at radius 3 is 2.13 bits per heavy atom. The fourth-order valence-electron chi connectivity index (χ4n) is 1.50. The first-order chi connectivity index (χ1) is 7.08. The second-order valence-corrected chi connectivity index (χ2v) is 3.23. The van der Waals surface area contributed by atoms with Gasteiger partial charge in [0.05, 0.1) is 6.61 Å². The van der Waals surface area contributed by atoms with Crippen molar-refractivity contribution >= 4 is 11.8 Å². The van der Waals surface area contributed by atoms with Crippen molar-refractivity contribution in [3.05, 3.63) is 12.3 Å². The summed E-state index contributed by atoms with van der Waals surface area (Å²) < 4.78 is 4.92. The number of rotatable bonds is 6. The van der Waals surface area contributed by atoms with Crippen molar-refractivity contribution in [3.8, 4) is 0 Å². The van der Waals surface area contributed by atoms with Gasteiger partial charge in [-0.1, -0.05) is 13.8 Å². The molecule has 0 aliphatic carbocycles. The zero-order chi connectivity index (χ0) is 11.9. The highest BCUT2D eigenvalue weighted by atomic mass is 16.5. The Morgan fingerprint density at radius 2 is 1.80 bits per heavy atom. The number of allylic oxidation sites excluding steroid dienone is 1. The van der Waals surface area contributed by atoms with Gasteiger partial charge in [0.2, 0.25) is 0 Å². The summed E-state index contributed by atoms with van der Waals surface area (Å²) in [7, 11) is 0. The molecule has 0 heterocycles. The van der Waals surface area contributed by atoms with E-state index in [0.29, 0.717) is 12.8 Å². The lowest BCUT2D eigenvalue weighted by atomic mass is 9.78. The van der Waals surface area contributed by atoms with Crippen LogP contribution in [0.25, 0.3) is 0 Å². The van der Waals surface area contributed by atoms with Gasteiger partial charge in [-0.25, -0.2) is 0 Å². The molecule has 15 heavy (non-hydrogen) atoms. The van der Waals surface area contributed by atoms with E-state index < -0.39 is 11.4 Å². The molecule has 0 aliphatic heterocycles. The van der Waals surface area contributed by atoms with Crippen molar-refractivity contribution in [1.82, 2.24) is 0 Å². The van der Waals surface area contributed by atoms with Gasteiger partial charge in [-0.3, -0.25) is 9.59 Å². The Balaban J connectivity index is 5.03. The molecule has 0 aromatic rings. The molecular formula is C11H19NO3. The van der Waals surface area contributed by atoms with E-state index in [4.69, 9.17) is 10.5 Å². The molecule has 0 spiro atoms. The number of hydrogen-bond acceptors (Lipinski definition) is 4. The third-order valence-corrected chi connectivity index (χ3v) is 2.59. The third-order valence-electron chi connectivity index (χ3n) is 2.59. The monoisotopic (exact) mass is 213 g/mol. The number of carbonyl (C=O) groups excluding carboxylic acids is 2. The maximum Gasteiger partial charge on any atom is 0.319 e. The summed E-state index contributed by atoms with van der Waals surface area (Å²) in [6.07, 6.45) is 3.22. The Labute approximate surface area is 90.5 Å². The highest BCUT2D eigenvalue weighted by Crippen LogP contribution is 2.29. The molecular weight excluding hydrogens is 194 g/mol. The minimum absolute atomic E-state index is 0.278. The molecule has 4 heteroatoms. The first kappa shape index (κ1) is 13.7. The molecule has 0 aliphatic rings. The van der Waals surface area contributed by atoms with Crippen LogP contribution in [0.15, 0.2) is 12.3 Å². The van der Waals surface area contributed by atoms with Gasteiger partial charge >= 0.3 is 5.97 Å². The summed E-state index contributed by atoms with van der Waals surface area (Å²) in [5.41, 5.74) is 4.09. The molecule has 0 saturated heterocycles. The number of esters is 1. The predicted octanol–water partition coefficient (Wildman–Crippen LogP) is 1.40. The van der Waals surface area contributed by atoms with E-state index in [2.05, 4.69) is 0 Å². The minimum Gasteiger partial charge on any atom is -0.465 e. The second kappa shape index (κ2) is 6.22. The Bertz CT molecular complexity index is 255. The van der Waals surface area contributed by atoms with Crippen molar-refractivity contribution < 1.29 is 14.3 Å². The van der Waals surface area contributed by atoms with Gasteiger partial charge in [0, 0.05) is 0 Å². The molecule has 0 amide bonds. The Hall–Kier alpha value is -1.32. The molecule has 0 bridgehead atoms. The van der Waals surface area contributed by atoms with Gasteiger partial charge in [0.1, 0.15) is 5.41 Å². The van der Waals surface area contributed by atoms with E-state index in [-0.39, 0.29) is 12.4 Å². The average molecular weight is 213 g/mol. The highest BCUT2D eigenvalue weighted by molar-refractivity contribution is 6.09. The normalized spacial score (nSPS) is 11.7. The number of ketones is 1. The van der Waals surface area contributed by atoms with Crippen LogP contribution < -0.4 is 5.73 Å². The van der Waals surface area contributed by atoms with Crippen LogP contribution in [0, 0.1) is 5.41 Å². The van der Waals surface area contributed by atoms with E-state index in [1.165, 1.54) is 6.08 Å². The Morgan fingerprint density at radius 1 is 1.27 bits per heavy atom. The SMILES string of the molecule is CCOC(=O)C(CC)(CC)C(=O)/C=C/N. The van der Waals surface area contributed by atoms with Crippen LogP contribution in [0.4, 0.5) is 0 Å². The van der Waals surface area contributed by atoms with Crippen molar-refractivity contribution in [1.29, 1.82) is 0 Å². The van der Waals surface area contributed by atoms with Gasteiger partial charge < -0.3 is 10.5 Å². The van der Waals surface area contributed by atoms with Crippen LogP contribution in [0.3, 0.4) is 0 Å². The number of ether oxygens (including phenoxy) is 1. The van der Waals surface area contributed by atoms with Gasteiger partial charge in [-0.05, 0) is 32.0 Å². The molecule has 86 valence electrons. The van der Waals surface area contributed by atoms with Gasteiger partial charge in [0.15, 0.2) is 5.78 Å². The quantitative estimate of drug-likeness (QED) is 0.411. The second-order valence-electron chi connectivity index (χ2n) is 3.23. The predicted molar refractivity (Wildman–Crippen MR) is 58.0 cm³/mol.